The molecule has 0 saturated heterocycles. The third kappa shape index (κ3) is 3.87. The Morgan fingerprint density at radius 1 is 1.54 bits per heavy atom. The summed E-state index contributed by atoms with van der Waals surface area (Å²) in [5, 5.41) is 19.3. The molecule has 24 heavy (non-hydrogen) atoms. The molecule has 0 saturated carbocycles. The number of rotatable bonds is 5. The molecule has 1 heterocycles. The van der Waals surface area contributed by atoms with Gasteiger partial charge in [-0.2, -0.15) is 5.26 Å². The molecule has 2 aromatic rings. The largest absolute Gasteiger partial charge is 0.328 e. The van der Waals surface area contributed by atoms with Crippen LogP contribution in [0.15, 0.2) is 24.5 Å². The van der Waals surface area contributed by atoms with E-state index in [0.717, 1.165) is 0 Å². The highest BCUT2D eigenvalue weighted by atomic mass is 19.1. The van der Waals surface area contributed by atoms with E-state index >= 15 is 0 Å². The van der Waals surface area contributed by atoms with Gasteiger partial charge in [-0.15, -0.1) is 10.2 Å². The van der Waals surface area contributed by atoms with Crippen molar-refractivity contribution in [2.45, 2.75) is 26.4 Å². The zero-order chi connectivity index (χ0) is 17.7. The van der Waals surface area contributed by atoms with Crippen molar-refractivity contribution < 1.29 is 9.18 Å². The first-order chi connectivity index (χ1) is 11.5. The van der Waals surface area contributed by atoms with Gasteiger partial charge in [0.05, 0.1) is 24.2 Å². The number of nitrogens with zero attached hydrogens (tertiary/aromatic N) is 5. The molecule has 1 N–H and O–H groups in total. The Balaban J connectivity index is 2.07. The van der Waals surface area contributed by atoms with Crippen molar-refractivity contribution >= 4 is 6.03 Å². The Bertz CT molecular complexity index is 766. The maximum Gasteiger partial charge on any atom is 0.318 e. The molecule has 1 aromatic heterocycles. The van der Waals surface area contributed by atoms with Crippen molar-refractivity contribution in [1.29, 1.82) is 5.26 Å². The molecule has 0 aliphatic carbocycles. The van der Waals surface area contributed by atoms with Crippen LogP contribution in [0, 0.1) is 17.1 Å². The van der Waals surface area contributed by atoms with Gasteiger partial charge in [-0.05, 0) is 26.0 Å². The van der Waals surface area contributed by atoms with E-state index in [4.69, 9.17) is 5.26 Å². The number of amides is 2. The molecule has 8 heteroatoms. The second-order valence-corrected chi connectivity index (χ2v) is 5.40. The quantitative estimate of drug-likeness (QED) is 0.909. The highest BCUT2D eigenvalue weighted by Gasteiger charge is 2.19. The summed E-state index contributed by atoms with van der Waals surface area (Å²) in [5.74, 6) is 0.130. The monoisotopic (exact) mass is 330 g/mol. The number of benzene rings is 1. The highest BCUT2D eigenvalue weighted by molar-refractivity contribution is 5.74. The number of aryl methyl sites for hydroxylation is 1. The third-order valence-corrected chi connectivity index (χ3v) is 3.69. The summed E-state index contributed by atoms with van der Waals surface area (Å²) in [6.45, 7) is 4.15. The van der Waals surface area contributed by atoms with Gasteiger partial charge in [-0.3, -0.25) is 0 Å². The van der Waals surface area contributed by atoms with Gasteiger partial charge in [-0.25, -0.2) is 9.18 Å². The number of nitrogens with one attached hydrogen (secondary N) is 1. The number of carbonyl (C=O) groups is 1. The molecule has 0 spiro atoms. The second-order valence-electron chi connectivity index (χ2n) is 5.40. The predicted molar refractivity (Wildman–Crippen MR) is 85.1 cm³/mol. The van der Waals surface area contributed by atoms with Crippen LogP contribution >= 0.6 is 0 Å². The fourth-order valence-corrected chi connectivity index (χ4v) is 2.30. The molecule has 0 aliphatic rings. The standard InChI is InChI=1S/C16H19FN6O/c1-4-23(9-13-6-5-12(8-18)7-14(13)17)16(24)20-11(2)15-21-19-10-22(15)3/h5-7,10-11H,4,9H2,1-3H3,(H,20,24)/t11-/m1/s1. The summed E-state index contributed by atoms with van der Waals surface area (Å²) in [5.41, 5.74) is 0.608. The Labute approximate surface area is 139 Å². The molecule has 0 bridgehead atoms. The van der Waals surface area contributed by atoms with Gasteiger partial charge in [0, 0.05) is 19.2 Å². The molecule has 2 rings (SSSR count). The van der Waals surface area contributed by atoms with E-state index < -0.39 is 5.82 Å². The molecular weight excluding hydrogens is 311 g/mol. The number of carbonyl (C=O) groups excluding carboxylic acids is 1. The van der Waals surface area contributed by atoms with Gasteiger partial charge in [0.2, 0.25) is 0 Å². The summed E-state index contributed by atoms with van der Waals surface area (Å²) < 4.78 is 15.7. The first-order valence-corrected chi connectivity index (χ1v) is 7.54. The number of hydrogen-bond acceptors (Lipinski definition) is 4. The predicted octanol–water partition coefficient (Wildman–Crippen LogP) is 2.12. The summed E-state index contributed by atoms with van der Waals surface area (Å²) in [6.07, 6.45) is 1.56. The van der Waals surface area contributed by atoms with Crippen LogP contribution in [-0.4, -0.2) is 32.2 Å². The van der Waals surface area contributed by atoms with Gasteiger partial charge >= 0.3 is 6.03 Å². The van der Waals surface area contributed by atoms with Gasteiger partial charge in [-0.1, -0.05) is 6.07 Å². The Kier molecular flexibility index (Phi) is 5.47. The SMILES string of the molecule is CCN(Cc1ccc(C#N)cc1F)C(=O)N[C@H](C)c1nncn1C. The Morgan fingerprint density at radius 2 is 2.29 bits per heavy atom. The molecule has 126 valence electrons. The number of hydrogen-bond donors (Lipinski definition) is 1. The van der Waals surface area contributed by atoms with Gasteiger partial charge < -0.3 is 14.8 Å². The van der Waals surface area contributed by atoms with E-state index in [9.17, 15) is 9.18 Å². The fraction of sp³-hybridized carbons (Fsp3) is 0.375. The lowest BCUT2D eigenvalue weighted by Gasteiger charge is -2.24. The molecule has 0 radical (unpaired) electrons. The number of halogens is 1. The van der Waals surface area contributed by atoms with Crippen molar-refractivity contribution in [3.05, 3.63) is 47.3 Å². The molecule has 1 aromatic carbocycles. The van der Waals surface area contributed by atoms with Crippen LogP contribution in [0.1, 0.15) is 36.8 Å². The Morgan fingerprint density at radius 3 is 2.83 bits per heavy atom. The smallest absolute Gasteiger partial charge is 0.318 e. The molecule has 0 unspecified atom stereocenters. The number of nitriles is 1. The van der Waals surface area contributed by atoms with Crippen LogP contribution in [0.5, 0.6) is 0 Å². The lowest BCUT2D eigenvalue weighted by molar-refractivity contribution is 0.193. The van der Waals surface area contributed by atoms with Crippen molar-refractivity contribution in [3.63, 3.8) is 0 Å². The topological polar surface area (TPSA) is 86.8 Å². The minimum atomic E-state index is -0.498. The van der Waals surface area contributed by atoms with Crippen LogP contribution in [0.25, 0.3) is 0 Å². The maximum atomic E-state index is 14.0. The third-order valence-electron chi connectivity index (χ3n) is 3.69. The summed E-state index contributed by atoms with van der Waals surface area (Å²) in [7, 11) is 1.79. The van der Waals surface area contributed by atoms with E-state index in [1.54, 1.807) is 24.9 Å². The average Bonchev–Trinajstić information content (AvgIpc) is 2.99. The van der Waals surface area contributed by atoms with E-state index in [1.807, 2.05) is 13.0 Å². The van der Waals surface area contributed by atoms with Crippen LogP contribution in [-0.2, 0) is 13.6 Å². The summed E-state index contributed by atoms with van der Waals surface area (Å²) in [4.78, 5) is 13.9. The van der Waals surface area contributed by atoms with E-state index in [1.165, 1.54) is 23.1 Å². The first-order valence-electron chi connectivity index (χ1n) is 7.54. The van der Waals surface area contributed by atoms with E-state index in [2.05, 4.69) is 15.5 Å². The lowest BCUT2D eigenvalue weighted by Crippen LogP contribution is -2.41. The molecule has 7 nitrogen and oxygen atoms in total. The summed E-state index contributed by atoms with van der Waals surface area (Å²) in [6, 6.07) is 5.46. The molecule has 2 amide bonds. The van der Waals surface area contributed by atoms with Crippen LogP contribution < -0.4 is 5.32 Å². The van der Waals surface area contributed by atoms with Crippen LogP contribution in [0.2, 0.25) is 0 Å². The van der Waals surface area contributed by atoms with Crippen molar-refractivity contribution in [2.24, 2.45) is 7.05 Å². The number of aromatic nitrogens is 3. The maximum absolute atomic E-state index is 14.0. The van der Waals surface area contributed by atoms with Crippen molar-refractivity contribution in [2.75, 3.05) is 6.54 Å². The van der Waals surface area contributed by atoms with E-state index in [0.29, 0.717) is 17.9 Å². The highest BCUT2D eigenvalue weighted by Crippen LogP contribution is 2.14. The normalized spacial score (nSPS) is 11.6. The molecular formula is C16H19FN6O. The number of urea groups is 1. The van der Waals surface area contributed by atoms with Crippen molar-refractivity contribution in [3.8, 4) is 6.07 Å². The van der Waals surface area contributed by atoms with Crippen LogP contribution in [0.3, 0.4) is 0 Å². The minimum absolute atomic E-state index is 0.116. The van der Waals surface area contributed by atoms with Gasteiger partial charge in [0.1, 0.15) is 12.1 Å². The first kappa shape index (κ1) is 17.4. The minimum Gasteiger partial charge on any atom is -0.328 e. The summed E-state index contributed by atoms with van der Waals surface area (Å²) >= 11 is 0. The lowest BCUT2D eigenvalue weighted by atomic mass is 10.1. The molecule has 0 fully saturated rings. The Hall–Kier alpha value is -2.95. The van der Waals surface area contributed by atoms with Crippen molar-refractivity contribution in [1.82, 2.24) is 25.0 Å². The second kappa shape index (κ2) is 7.55. The van der Waals surface area contributed by atoms with Crippen LogP contribution in [0.4, 0.5) is 9.18 Å². The van der Waals surface area contributed by atoms with Gasteiger partial charge in [0.25, 0.3) is 0 Å². The zero-order valence-electron chi connectivity index (χ0n) is 13.8. The average molecular weight is 330 g/mol. The molecule has 0 aliphatic heterocycles. The fourth-order valence-electron chi connectivity index (χ4n) is 2.30. The van der Waals surface area contributed by atoms with E-state index in [-0.39, 0.29) is 24.2 Å². The molecule has 1 atom stereocenters. The zero-order valence-corrected chi connectivity index (χ0v) is 13.8. The van der Waals surface area contributed by atoms with Gasteiger partial charge in [0.15, 0.2) is 5.82 Å².